The van der Waals surface area contributed by atoms with Crippen molar-refractivity contribution in [2.75, 3.05) is 36.5 Å². The molecule has 0 saturated carbocycles. The van der Waals surface area contributed by atoms with Crippen molar-refractivity contribution in [3.05, 3.63) is 78.1 Å². The van der Waals surface area contributed by atoms with Crippen LogP contribution in [0.4, 0.5) is 24.9 Å². The molecule has 12 nitrogen and oxygen atoms in total. The molecule has 4 heterocycles. The molecule has 0 unspecified atom stereocenters. The van der Waals surface area contributed by atoms with Gasteiger partial charge in [-0.3, -0.25) is 4.57 Å². The average molecular weight is 642 g/mol. The Morgan fingerprint density at radius 2 is 1.78 bits per heavy atom. The number of carbonyl (C=O) groups excluding carboxylic acids is 1. The average Bonchev–Trinajstić information content (AvgIpc) is 3.62. The first kappa shape index (κ1) is 31.7. The summed E-state index contributed by atoms with van der Waals surface area (Å²) in [5, 5.41) is 23.8. The first-order valence-corrected chi connectivity index (χ1v) is 14.9. The zero-order valence-electron chi connectivity index (χ0n) is 24.6. The number of aliphatic hydroxyl groups excluding tert-OH is 2. The zero-order chi connectivity index (χ0) is 32.4. The highest BCUT2D eigenvalue weighted by Crippen LogP contribution is 2.37. The predicted molar refractivity (Wildman–Crippen MR) is 161 cm³/mol. The maximum Gasteiger partial charge on any atom is 0.490 e. The van der Waals surface area contributed by atoms with Gasteiger partial charge in [0.2, 0.25) is 5.95 Å². The molecule has 0 amide bonds. The first-order valence-electron chi connectivity index (χ1n) is 14.9. The van der Waals surface area contributed by atoms with Gasteiger partial charge in [0.05, 0.1) is 12.9 Å². The number of aliphatic hydroxyl groups is 2. The number of anilines is 2. The van der Waals surface area contributed by atoms with Crippen LogP contribution < -0.4 is 16.0 Å². The Kier molecular flexibility index (Phi) is 9.08. The van der Waals surface area contributed by atoms with Crippen LogP contribution in [0.3, 0.4) is 0 Å². The third-order valence-corrected chi connectivity index (χ3v) is 8.27. The predicted octanol–water partition coefficient (Wildman–Crippen LogP) is 2.72. The number of piperidine rings is 1. The number of aromatic nitrogens is 4. The van der Waals surface area contributed by atoms with E-state index < -0.39 is 43.3 Å². The molecule has 2 aliphatic rings. The van der Waals surface area contributed by atoms with Crippen LogP contribution in [0.15, 0.2) is 67.0 Å². The molecule has 2 aliphatic heterocycles. The van der Waals surface area contributed by atoms with Crippen LogP contribution >= 0.6 is 0 Å². The Morgan fingerprint density at radius 1 is 1.11 bits per heavy atom. The highest BCUT2D eigenvalue weighted by atomic mass is 19.4. The number of nitrogens with two attached hydrogens (primary N) is 1. The van der Waals surface area contributed by atoms with E-state index in [1.165, 1.54) is 10.9 Å². The molecule has 15 heteroatoms. The zero-order valence-corrected chi connectivity index (χ0v) is 24.6. The molecule has 5 N–H and O–H groups in total. The number of rotatable bonds is 9. The van der Waals surface area contributed by atoms with Crippen molar-refractivity contribution < 1.29 is 37.7 Å². The molecule has 2 saturated heterocycles. The summed E-state index contributed by atoms with van der Waals surface area (Å²) in [5.74, 6) is -1.91. The fraction of sp³-hybridized carbons (Fsp3) is 0.419. The number of alkyl halides is 3. The van der Waals surface area contributed by atoms with Crippen LogP contribution in [0.5, 0.6) is 0 Å². The highest BCUT2D eigenvalue weighted by molar-refractivity contribution is 5.84. The second-order valence-electron chi connectivity index (χ2n) is 11.4. The van der Waals surface area contributed by atoms with Crippen LogP contribution in [-0.2, 0) is 14.3 Å². The second kappa shape index (κ2) is 13.2. The van der Waals surface area contributed by atoms with Crippen LogP contribution in [0.1, 0.15) is 36.1 Å². The van der Waals surface area contributed by atoms with E-state index in [1.807, 2.05) is 65.6 Å². The molecule has 0 bridgehead atoms. The van der Waals surface area contributed by atoms with Gasteiger partial charge in [0.15, 0.2) is 29.3 Å². The molecular weight excluding hydrogens is 607 g/mol. The molecule has 6 rings (SSSR count). The number of fused-ring (bicyclic) bond motifs is 1. The maximum atomic E-state index is 13.2. The van der Waals surface area contributed by atoms with Crippen LogP contribution in [-0.4, -0.2) is 92.5 Å². The SMILES string of the molecule is N[C@@H]1CCCN(c2nc(NCC(c3ccccc3)c3ccccc3)c3ncn([C@@H]4O[C@H](CO)[C@@H](O)[C@H]4OC(=O)C(F)(F)F)c3n2)C1. The Labute approximate surface area is 262 Å². The van der Waals surface area contributed by atoms with Gasteiger partial charge in [-0.25, -0.2) is 9.78 Å². The summed E-state index contributed by atoms with van der Waals surface area (Å²) in [4.78, 5) is 27.7. The molecule has 46 heavy (non-hydrogen) atoms. The third-order valence-electron chi connectivity index (χ3n) is 8.27. The van der Waals surface area contributed by atoms with Crippen molar-refractivity contribution >= 4 is 28.9 Å². The minimum absolute atomic E-state index is 0.0776. The van der Waals surface area contributed by atoms with E-state index in [1.54, 1.807) is 0 Å². The van der Waals surface area contributed by atoms with Crippen molar-refractivity contribution in [3.8, 4) is 0 Å². The molecule has 0 aliphatic carbocycles. The summed E-state index contributed by atoms with van der Waals surface area (Å²) in [6.07, 6.45) is -8.79. The number of benzene rings is 2. The van der Waals surface area contributed by atoms with E-state index in [-0.39, 0.29) is 23.1 Å². The Morgan fingerprint density at radius 3 is 2.39 bits per heavy atom. The number of nitrogens with one attached hydrogen (secondary N) is 1. The summed E-state index contributed by atoms with van der Waals surface area (Å²) in [6, 6.07) is 19.8. The lowest BCUT2D eigenvalue weighted by molar-refractivity contribution is -0.211. The molecule has 244 valence electrons. The smallest absolute Gasteiger partial charge is 0.448 e. The summed E-state index contributed by atoms with van der Waals surface area (Å²) in [6.45, 7) is 0.777. The summed E-state index contributed by atoms with van der Waals surface area (Å²) >= 11 is 0. The number of nitrogens with zero attached hydrogens (tertiary/aromatic N) is 5. The van der Waals surface area contributed by atoms with Crippen molar-refractivity contribution in [2.45, 2.75) is 55.5 Å². The van der Waals surface area contributed by atoms with E-state index in [0.717, 1.165) is 24.0 Å². The van der Waals surface area contributed by atoms with Gasteiger partial charge in [0.1, 0.15) is 12.2 Å². The number of ether oxygens (including phenoxy) is 2. The normalized spacial score (nSPS) is 23.6. The largest absolute Gasteiger partial charge is 0.490 e. The molecular formula is C31H34F3N7O5. The lowest BCUT2D eigenvalue weighted by atomic mass is 9.91. The summed E-state index contributed by atoms with van der Waals surface area (Å²) < 4.78 is 51.2. The van der Waals surface area contributed by atoms with E-state index >= 15 is 0 Å². The summed E-state index contributed by atoms with van der Waals surface area (Å²) in [7, 11) is 0. The van der Waals surface area contributed by atoms with Crippen LogP contribution in [0.2, 0.25) is 0 Å². The minimum atomic E-state index is -5.31. The van der Waals surface area contributed by atoms with Crippen molar-refractivity contribution in [1.82, 2.24) is 19.5 Å². The molecule has 0 spiro atoms. The second-order valence-corrected chi connectivity index (χ2v) is 11.4. The number of imidazole rings is 1. The summed E-state index contributed by atoms with van der Waals surface area (Å²) in [5.41, 5.74) is 8.82. The molecule has 0 radical (unpaired) electrons. The Bertz CT molecular complexity index is 1600. The van der Waals surface area contributed by atoms with Gasteiger partial charge in [-0.05, 0) is 24.0 Å². The fourth-order valence-corrected chi connectivity index (χ4v) is 5.96. The quantitative estimate of drug-likeness (QED) is 0.199. The van der Waals surface area contributed by atoms with Gasteiger partial charge >= 0.3 is 12.1 Å². The van der Waals surface area contributed by atoms with E-state index in [0.29, 0.717) is 31.4 Å². The Hall–Kier alpha value is -4.31. The van der Waals surface area contributed by atoms with Gasteiger partial charge < -0.3 is 35.6 Å². The lowest BCUT2D eigenvalue weighted by Crippen LogP contribution is -2.43. The number of hydrogen-bond donors (Lipinski definition) is 4. The molecule has 4 aromatic rings. The van der Waals surface area contributed by atoms with Crippen molar-refractivity contribution in [2.24, 2.45) is 5.73 Å². The number of halogens is 3. The van der Waals surface area contributed by atoms with Gasteiger partial charge in [0.25, 0.3) is 0 Å². The monoisotopic (exact) mass is 641 g/mol. The van der Waals surface area contributed by atoms with Crippen molar-refractivity contribution in [3.63, 3.8) is 0 Å². The van der Waals surface area contributed by atoms with Gasteiger partial charge in [0, 0.05) is 31.6 Å². The standard InChI is InChI=1S/C31H34F3N7O5/c32-31(33,34)29(44)46-25-24(43)22(16-42)45-28(25)41-17-37-23-26(38-30(39-27(23)41)40-13-7-12-20(35)15-40)36-14-21(18-8-3-1-4-9-18)19-10-5-2-6-11-19/h1-6,8-11,17,20-22,24-25,28,42-43H,7,12-16,35H2,(H,36,38,39)/t20-,22-,24-,25-,28-/m1/s1. The molecule has 2 fully saturated rings. The molecule has 2 aromatic heterocycles. The van der Waals surface area contributed by atoms with E-state index in [4.69, 9.17) is 20.4 Å². The lowest BCUT2D eigenvalue weighted by Gasteiger charge is -2.31. The Balaban J connectivity index is 1.40. The van der Waals surface area contributed by atoms with Gasteiger partial charge in [-0.15, -0.1) is 0 Å². The van der Waals surface area contributed by atoms with E-state index in [2.05, 4.69) is 15.0 Å². The van der Waals surface area contributed by atoms with Crippen molar-refractivity contribution in [1.29, 1.82) is 0 Å². The van der Waals surface area contributed by atoms with Crippen LogP contribution in [0.25, 0.3) is 11.2 Å². The molecule has 5 atom stereocenters. The maximum absolute atomic E-state index is 13.2. The fourth-order valence-electron chi connectivity index (χ4n) is 5.96. The van der Waals surface area contributed by atoms with Crippen LogP contribution in [0, 0.1) is 0 Å². The number of carbonyl (C=O) groups is 1. The first-order chi connectivity index (χ1) is 22.1. The third kappa shape index (κ3) is 6.49. The number of esters is 1. The highest BCUT2D eigenvalue weighted by Gasteiger charge is 2.51. The minimum Gasteiger partial charge on any atom is -0.448 e. The number of hydrogen-bond acceptors (Lipinski definition) is 11. The topological polar surface area (TPSA) is 161 Å². The molecule has 2 aromatic carbocycles. The van der Waals surface area contributed by atoms with Gasteiger partial charge in [-0.1, -0.05) is 60.7 Å². The van der Waals surface area contributed by atoms with Gasteiger partial charge in [-0.2, -0.15) is 23.1 Å². The van der Waals surface area contributed by atoms with E-state index in [9.17, 15) is 28.2 Å².